The number of thioether (sulfide) groups is 1. The molecular formula is C20H19NO5S. The lowest BCUT2D eigenvalue weighted by atomic mass is 10.2. The molecule has 0 bridgehead atoms. The Morgan fingerprint density at radius 1 is 1.19 bits per heavy atom. The topological polar surface area (TPSA) is 99.8 Å². The summed E-state index contributed by atoms with van der Waals surface area (Å²) in [6.07, 6.45) is 0. The maximum Gasteiger partial charge on any atom is 0.364 e. The number of carbonyl (C=O) groups excluding carboxylic acids is 1. The van der Waals surface area contributed by atoms with Crippen LogP contribution in [0.3, 0.4) is 0 Å². The normalized spacial score (nSPS) is 11.1. The number of phenols is 1. The number of nitrogens with one attached hydrogen (secondary N) is 1. The van der Waals surface area contributed by atoms with Gasteiger partial charge in [-0.2, -0.15) is 0 Å². The fourth-order valence-corrected chi connectivity index (χ4v) is 3.37. The van der Waals surface area contributed by atoms with Crippen molar-refractivity contribution in [2.24, 2.45) is 5.92 Å². The molecule has 0 aliphatic heterocycles. The first-order valence-corrected chi connectivity index (χ1v) is 9.36. The second kappa shape index (κ2) is 7.75. The number of hydrogen-bond acceptors (Lipinski definition) is 6. The van der Waals surface area contributed by atoms with Gasteiger partial charge >= 0.3 is 5.63 Å². The molecular weight excluding hydrogens is 366 g/mol. The van der Waals surface area contributed by atoms with Crippen molar-refractivity contribution >= 4 is 34.3 Å². The van der Waals surface area contributed by atoms with Gasteiger partial charge in [0, 0.05) is 22.3 Å². The van der Waals surface area contributed by atoms with Gasteiger partial charge in [0.2, 0.25) is 0 Å². The molecule has 1 amide bonds. The Morgan fingerprint density at radius 2 is 1.96 bits per heavy atom. The number of aromatic hydroxyl groups is 2. The second-order valence-electron chi connectivity index (χ2n) is 6.48. The summed E-state index contributed by atoms with van der Waals surface area (Å²) in [4.78, 5) is 25.6. The van der Waals surface area contributed by atoms with Crippen LogP contribution in [0.4, 0.5) is 5.69 Å². The number of benzene rings is 2. The maximum atomic E-state index is 12.5. The van der Waals surface area contributed by atoms with Gasteiger partial charge < -0.3 is 19.9 Å². The number of hydrogen-bond donors (Lipinski definition) is 3. The fourth-order valence-electron chi connectivity index (χ4n) is 2.46. The number of amides is 1. The zero-order chi connectivity index (χ0) is 19.6. The van der Waals surface area contributed by atoms with Crippen molar-refractivity contribution in [2.45, 2.75) is 18.7 Å². The van der Waals surface area contributed by atoms with Crippen molar-refractivity contribution in [1.82, 2.24) is 0 Å². The largest absolute Gasteiger partial charge is 0.508 e. The molecule has 3 aromatic rings. The van der Waals surface area contributed by atoms with E-state index in [-0.39, 0.29) is 22.4 Å². The summed E-state index contributed by atoms with van der Waals surface area (Å²) in [6, 6.07) is 11.0. The van der Waals surface area contributed by atoms with Crippen molar-refractivity contribution in [3.63, 3.8) is 0 Å². The van der Waals surface area contributed by atoms with E-state index in [2.05, 4.69) is 19.2 Å². The van der Waals surface area contributed by atoms with Gasteiger partial charge in [0.25, 0.3) is 5.91 Å². The Balaban J connectivity index is 1.89. The van der Waals surface area contributed by atoms with Crippen LogP contribution in [-0.2, 0) is 0 Å². The van der Waals surface area contributed by atoms with Crippen molar-refractivity contribution in [1.29, 1.82) is 0 Å². The van der Waals surface area contributed by atoms with Crippen LogP contribution < -0.4 is 10.9 Å². The number of phenolic OH excluding ortho intramolecular Hbond substituents is 1. The summed E-state index contributed by atoms with van der Waals surface area (Å²) in [7, 11) is 0. The molecule has 140 valence electrons. The lowest BCUT2D eigenvalue weighted by Crippen LogP contribution is -2.18. The van der Waals surface area contributed by atoms with Gasteiger partial charge in [0.05, 0.1) is 5.39 Å². The van der Waals surface area contributed by atoms with Crippen LogP contribution in [0.25, 0.3) is 11.0 Å². The minimum Gasteiger partial charge on any atom is -0.508 e. The van der Waals surface area contributed by atoms with Gasteiger partial charge in [-0.15, -0.1) is 11.8 Å². The Labute approximate surface area is 159 Å². The van der Waals surface area contributed by atoms with E-state index >= 15 is 0 Å². The fraction of sp³-hybridized carbons (Fsp3) is 0.200. The first kappa shape index (κ1) is 18.8. The molecule has 1 heterocycles. The molecule has 0 saturated carbocycles. The highest BCUT2D eigenvalue weighted by Gasteiger charge is 2.18. The van der Waals surface area contributed by atoms with Crippen LogP contribution in [0.5, 0.6) is 11.5 Å². The average Bonchev–Trinajstić information content (AvgIpc) is 2.63. The molecule has 6 nitrogen and oxygen atoms in total. The van der Waals surface area contributed by atoms with Gasteiger partial charge in [-0.25, -0.2) is 4.79 Å². The Bertz CT molecular complexity index is 1060. The molecule has 0 aliphatic carbocycles. The Morgan fingerprint density at radius 3 is 2.70 bits per heavy atom. The van der Waals surface area contributed by atoms with Gasteiger partial charge in [-0.05, 0) is 36.2 Å². The number of anilines is 1. The Kier molecular flexibility index (Phi) is 5.41. The molecule has 0 unspecified atom stereocenters. The van der Waals surface area contributed by atoms with E-state index in [4.69, 9.17) is 4.42 Å². The third-order valence-corrected chi connectivity index (χ3v) is 5.20. The van der Waals surface area contributed by atoms with Gasteiger partial charge in [-0.1, -0.05) is 19.9 Å². The molecule has 0 radical (unpaired) electrons. The Hall–Kier alpha value is -2.93. The predicted molar refractivity (Wildman–Crippen MR) is 106 cm³/mol. The summed E-state index contributed by atoms with van der Waals surface area (Å²) in [5.41, 5.74) is -0.835. The van der Waals surface area contributed by atoms with E-state index in [1.54, 1.807) is 30.0 Å². The van der Waals surface area contributed by atoms with Crippen LogP contribution in [0.1, 0.15) is 24.2 Å². The molecule has 1 aromatic heterocycles. The monoisotopic (exact) mass is 385 g/mol. The van der Waals surface area contributed by atoms with Crippen molar-refractivity contribution in [2.75, 3.05) is 11.1 Å². The second-order valence-corrected chi connectivity index (χ2v) is 7.57. The summed E-state index contributed by atoms with van der Waals surface area (Å²) < 4.78 is 5.09. The number of rotatable bonds is 5. The average molecular weight is 385 g/mol. The first-order chi connectivity index (χ1) is 12.8. The minimum absolute atomic E-state index is 0.0302. The summed E-state index contributed by atoms with van der Waals surface area (Å²) in [5.74, 6) is 0.416. The van der Waals surface area contributed by atoms with E-state index in [0.717, 1.165) is 10.6 Å². The number of fused-ring (bicyclic) bond motifs is 1. The molecule has 0 aliphatic rings. The van der Waals surface area contributed by atoms with Gasteiger partial charge in [-0.3, -0.25) is 4.79 Å². The molecule has 2 aromatic carbocycles. The molecule has 0 atom stereocenters. The zero-order valence-electron chi connectivity index (χ0n) is 14.9. The zero-order valence-corrected chi connectivity index (χ0v) is 15.7. The van der Waals surface area contributed by atoms with E-state index in [9.17, 15) is 19.8 Å². The summed E-state index contributed by atoms with van der Waals surface area (Å²) in [5, 5.41) is 22.5. The molecule has 27 heavy (non-hydrogen) atoms. The van der Waals surface area contributed by atoms with Crippen LogP contribution in [0.15, 0.2) is 56.6 Å². The third kappa shape index (κ3) is 4.25. The van der Waals surface area contributed by atoms with Gasteiger partial charge in [0.15, 0.2) is 11.4 Å². The van der Waals surface area contributed by atoms with Crippen LogP contribution in [0.2, 0.25) is 0 Å². The number of carbonyl (C=O) groups is 1. The standard InChI is InChI=1S/C20H19NO5S/c1-11(2)10-27-14-5-3-4-12(8-14)19(24)21-17-18(23)15-7-6-13(22)9-16(15)26-20(17)25/h3-9,11,22-23H,10H2,1-2H3,(H,21,24). The highest BCUT2D eigenvalue weighted by atomic mass is 32.2. The van der Waals surface area contributed by atoms with E-state index in [0.29, 0.717) is 11.5 Å². The van der Waals surface area contributed by atoms with Crippen molar-refractivity contribution < 1.29 is 19.4 Å². The smallest absolute Gasteiger partial charge is 0.364 e. The van der Waals surface area contributed by atoms with Crippen LogP contribution in [-0.4, -0.2) is 21.9 Å². The van der Waals surface area contributed by atoms with Gasteiger partial charge in [0.1, 0.15) is 11.3 Å². The quantitative estimate of drug-likeness (QED) is 0.449. The highest BCUT2D eigenvalue weighted by Crippen LogP contribution is 2.32. The lowest BCUT2D eigenvalue weighted by molar-refractivity contribution is 0.102. The lowest BCUT2D eigenvalue weighted by Gasteiger charge is -2.09. The van der Waals surface area contributed by atoms with E-state index in [1.807, 2.05) is 6.07 Å². The maximum absolute atomic E-state index is 12.5. The van der Waals surface area contributed by atoms with E-state index in [1.165, 1.54) is 18.2 Å². The minimum atomic E-state index is -0.899. The van der Waals surface area contributed by atoms with E-state index < -0.39 is 17.3 Å². The predicted octanol–water partition coefficient (Wildman–Crippen LogP) is 4.20. The van der Waals surface area contributed by atoms with Crippen LogP contribution in [0, 0.1) is 5.92 Å². The van der Waals surface area contributed by atoms with Crippen LogP contribution >= 0.6 is 11.8 Å². The molecule has 0 saturated heterocycles. The summed E-state index contributed by atoms with van der Waals surface area (Å²) in [6.45, 7) is 4.23. The molecule has 0 fully saturated rings. The third-order valence-electron chi connectivity index (χ3n) is 3.78. The highest BCUT2D eigenvalue weighted by molar-refractivity contribution is 7.99. The molecule has 0 spiro atoms. The van der Waals surface area contributed by atoms with Crippen molar-refractivity contribution in [3.05, 3.63) is 58.4 Å². The molecule has 3 N–H and O–H groups in total. The molecule has 3 rings (SSSR count). The van der Waals surface area contributed by atoms with Crippen molar-refractivity contribution in [3.8, 4) is 11.5 Å². The molecule has 7 heteroatoms. The SMILES string of the molecule is CC(C)CSc1cccc(C(=O)Nc2c(O)c3ccc(O)cc3oc2=O)c1. The first-order valence-electron chi connectivity index (χ1n) is 8.38. The summed E-state index contributed by atoms with van der Waals surface area (Å²) >= 11 is 1.64.